The maximum atomic E-state index is 13.9. The van der Waals surface area contributed by atoms with Crippen molar-refractivity contribution in [3.8, 4) is 11.4 Å². The lowest BCUT2D eigenvalue weighted by Crippen LogP contribution is -2.15. The third kappa shape index (κ3) is 3.69. The second-order valence-electron chi connectivity index (χ2n) is 5.05. The molecule has 1 aromatic heterocycles. The molecule has 0 fully saturated rings. The van der Waals surface area contributed by atoms with Crippen molar-refractivity contribution in [3.05, 3.63) is 70.5 Å². The van der Waals surface area contributed by atoms with Gasteiger partial charge in [-0.05, 0) is 42.5 Å². The maximum Gasteiger partial charge on any atom is 0.280 e. The van der Waals surface area contributed by atoms with Gasteiger partial charge in [-0.3, -0.25) is 4.79 Å². The summed E-state index contributed by atoms with van der Waals surface area (Å²) in [6.07, 6.45) is 1.49. The van der Waals surface area contributed by atoms with E-state index in [0.717, 1.165) is 0 Å². The quantitative estimate of drug-likeness (QED) is 0.705. The zero-order chi connectivity index (χ0) is 18.0. The minimum absolute atomic E-state index is 0.0193. The van der Waals surface area contributed by atoms with Gasteiger partial charge in [-0.2, -0.15) is 5.10 Å². The first-order valence-corrected chi connectivity index (χ1v) is 7.93. The van der Waals surface area contributed by atoms with Crippen molar-refractivity contribution in [1.82, 2.24) is 9.78 Å². The van der Waals surface area contributed by atoms with Crippen LogP contribution in [0.4, 0.5) is 14.5 Å². The molecular weight excluding hydrogens is 396 g/mol. The summed E-state index contributed by atoms with van der Waals surface area (Å²) in [5, 5.41) is 6.60. The van der Waals surface area contributed by atoms with Gasteiger partial charge in [0.1, 0.15) is 11.6 Å². The zero-order valence-corrected chi connectivity index (χ0v) is 14.5. The van der Waals surface area contributed by atoms with E-state index in [4.69, 9.17) is 4.74 Å². The lowest BCUT2D eigenvalue weighted by atomic mass is 10.3. The molecule has 0 saturated heterocycles. The molecule has 0 spiro atoms. The molecule has 3 rings (SSSR count). The van der Waals surface area contributed by atoms with Crippen molar-refractivity contribution in [2.24, 2.45) is 0 Å². The summed E-state index contributed by atoms with van der Waals surface area (Å²) in [5.74, 6) is -1.38. The van der Waals surface area contributed by atoms with Gasteiger partial charge in [-0.1, -0.05) is 15.9 Å². The summed E-state index contributed by atoms with van der Waals surface area (Å²) in [6, 6.07) is 9.86. The number of aromatic nitrogens is 2. The second kappa shape index (κ2) is 7.02. The van der Waals surface area contributed by atoms with E-state index in [2.05, 4.69) is 26.3 Å². The molecule has 0 radical (unpaired) electrons. The van der Waals surface area contributed by atoms with E-state index >= 15 is 0 Å². The fourth-order valence-electron chi connectivity index (χ4n) is 2.16. The Balaban J connectivity index is 1.90. The summed E-state index contributed by atoms with van der Waals surface area (Å²) in [4.78, 5) is 12.4. The molecular formula is C17H12BrF2N3O2. The zero-order valence-electron chi connectivity index (χ0n) is 13.0. The lowest BCUT2D eigenvalue weighted by molar-refractivity contribution is 0.101. The smallest absolute Gasteiger partial charge is 0.280 e. The molecule has 128 valence electrons. The first kappa shape index (κ1) is 17.1. The normalized spacial score (nSPS) is 10.6. The number of nitrogens with one attached hydrogen (secondary N) is 1. The van der Waals surface area contributed by atoms with E-state index in [1.807, 2.05) is 0 Å². The number of nitrogens with zero attached hydrogens (tertiary/aromatic N) is 2. The summed E-state index contributed by atoms with van der Waals surface area (Å²) in [5.41, 5.74) is 0.550. The van der Waals surface area contributed by atoms with Gasteiger partial charge in [-0.15, -0.1) is 0 Å². The number of carbonyl (C=O) groups is 1. The van der Waals surface area contributed by atoms with Crippen LogP contribution in [0.5, 0.6) is 5.75 Å². The first-order valence-electron chi connectivity index (χ1n) is 7.14. The molecule has 0 aliphatic carbocycles. The summed E-state index contributed by atoms with van der Waals surface area (Å²) >= 11 is 3.15. The fourth-order valence-corrected chi connectivity index (χ4v) is 2.50. The van der Waals surface area contributed by atoms with Gasteiger partial charge in [0.05, 0.1) is 24.7 Å². The van der Waals surface area contributed by atoms with Gasteiger partial charge in [0.2, 0.25) is 0 Å². The highest BCUT2D eigenvalue weighted by Crippen LogP contribution is 2.23. The number of hydrogen-bond donors (Lipinski definition) is 1. The minimum Gasteiger partial charge on any atom is -0.493 e. The number of anilines is 1. The highest BCUT2D eigenvalue weighted by atomic mass is 79.9. The van der Waals surface area contributed by atoms with Crippen LogP contribution in [-0.4, -0.2) is 22.8 Å². The number of halogens is 3. The van der Waals surface area contributed by atoms with Crippen LogP contribution >= 0.6 is 15.9 Å². The van der Waals surface area contributed by atoms with Crippen LogP contribution < -0.4 is 10.1 Å². The van der Waals surface area contributed by atoms with E-state index in [1.54, 1.807) is 6.07 Å². The Kier molecular flexibility index (Phi) is 4.80. The number of amides is 1. The topological polar surface area (TPSA) is 56.2 Å². The number of hydrogen-bond acceptors (Lipinski definition) is 3. The van der Waals surface area contributed by atoms with E-state index in [9.17, 15) is 13.6 Å². The summed E-state index contributed by atoms with van der Waals surface area (Å²) in [7, 11) is 1.39. The number of benzene rings is 2. The molecule has 3 aromatic rings. The number of ether oxygens (including phenoxy) is 1. The van der Waals surface area contributed by atoms with Crippen LogP contribution in [0.1, 0.15) is 10.5 Å². The Morgan fingerprint density at radius 1 is 1.20 bits per heavy atom. The van der Waals surface area contributed by atoms with Crippen molar-refractivity contribution in [2.45, 2.75) is 0 Å². The third-order valence-electron chi connectivity index (χ3n) is 3.39. The molecule has 0 bridgehead atoms. The van der Waals surface area contributed by atoms with Crippen LogP contribution in [0.3, 0.4) is 0 Å². The molecule has 1 amide bonds. The van der Waals surface area contributed by atoms with Gasteiger partial charge in [0.25, 0.3) is 5.91 Å². The highest BCUT2D eigenvalue weighted by molar-refractivity contribution is 9.10. The predicted octanol–water partition coefficient (Wildman–Crippen LogP) is 4.17. The Hall–Kier alpha value is -2.74. The number of rotatable bonds is 4. The molecule has 1 N–H and O–H groups in total. The first-order chi connectivity index (χ1) is 12.0. The molecule has 0 saturated carbocycles. The second-order valence-corrected chi connectivity index (χ2v) is 5.96. The molecule has 0 unspecified atom stereocenters. The highest BCUT2D eigenvalue weighted by Gasteiger charge is 2.19. The molecule has 2 aromatic carbocycles. The SMILES string of the molecule is COc1cn(-c2ccc(F)cc2)nc1C(=O)Nc1ccc(Br)cc1F. The number of methoxy groups -OCH3 is 1. The Labute approximate surface area is 150 Å². The van der Waals surface area contributed by atoms with Crippen molar-refractivity contribution in [1.29, 1.82) is 0 Å². The van der Waals surface area contributed by atoms with Crippen molar-refractivity contribution in [2.75, 3.05) is 12.4 Å². The van der Waals surface area contributed by atoms with Gasteiger partial charge in [0, 0.05) is 4.47 Å². The van der Waals surface area contributed by atoms with Crippen LogP contribution in [-0.2, 0) is 0 Å². The van der Waals surface area contributed by atoms with E-state index in [0.29, 0.717) is 10.2 Å². The minimum atomic E-state index is -0.626. The van der Waals surface area contributed by atoms with Crippen LogP contribution in [0.2, 0.25) is 0 Å². The lowest BCUT2D eigenvalue weighted by Gasteiger charge is -2.06. The van der Waals surface area contributed by atoms with Crippen LogP contribution in [0.15, 0.2) is 53.1 Å². The molecule has 25 heavy (non-hydrogen) atoms. The average molecular weight is 408 g/mol. The van der Waals surface area contributed by atoms with Crippen molar-refractivity contribution < 1.29 is 18.3 Å². The third-order valence-corrected chi connectivity index (χ3v) is 3.88. The maximum absolute atomic E-state index is 13.9. The van der Waals surface area contributed by atoms with Gasteiger partial charge < -0.3 is 10.1 Å². The summed E-state index contributed by atoms with van der Waals surface area (Å²) < 4.78 is 34.0. The molecule has 0 aliphatic rings. The van der Waals surface area contributed by atoms with Crippen molar-refractivity contribution in [3.63, 3.8) is 0 Å². The van der Waals surface area contributed by atoms with Gasteiger partial charge >= 0.3 is 0 Å². The van der Waals surface area contributed by atoms with Crippen LogP contribution in [0.25, 0.3) is 5.69 Å². The molecule has 1 heterocycles. The molecule has 0 aliphatic heterocycles. The van der Waals surface area contributed by atoms with Crippen molar-refractivity contribution >= 4 is 27.5 Å². The monoisotopic (exact) mass is 407 g/mol. The molecule has 0 atom stereocenters. The average Bonchev–Trinajstić information content (AvgIpc) is 3.02. The molecule has 8 heteroatoms. The van der Waals surface area contributed by atoms with Crippen LogP contribution in [0, 0.1) is 11.6 Å². The Morgan fingerprint density at radius 2 is 1.92 bits per heavy atom. The van der Waals surface area contributed by atoms with Gasteiger partial charge in [-0.25, -0.2) is 13.5 Å². The van der Waals surface area contributed by atoms with Gasteiger partial charge in [0.15, 0.2) is 11.4 Å². The fraction of sp³-hybridized carbons (Fsp3) is 0.0588. The largest absolute Gasteiger partial charge is 0.493 e. The van der Waals surface area contributed by atoms with E-state index < -0.39 is 11.7 Å². The standard InChI is InChI=1S/C17H12BrF2N3O2/c1-25-15-9-23(12-5-3-11(19)4-6-12)22-16(15)17(24)21-14-7-2-10(18)8-13(14)20/h2-9H,1H3,(H,21,24). The van der Waals surface area contributed by atoms with E-state index in [-0.39, 0.29) is 22.9 Å². The Morgan fingerprint density at radius 3 is 2.56 bits per heavy atom. The predicted molar refractivity (Wildman–Crippen MR) is 92.1 cm³/mol. The number of carbonyl (C=O) groups excluding carboxylic acids is 1. The van der Waals surface area contributed by atoms with E-state index in [1.165, 1.54) is 54.4 Å². The summed E-state index contributed by atoms with van der Waals surface area (Å²) in [6.45, 7) is 0. The Bertz CT molecular complexity index is 926. The molecule has 5 nitrogen and oxygen atoms in total.